The molecule has 0 saturated heterocycles. The van der Waals surface area contributed by atoms with Gasteiger partial charge in [-0.05, 0) is 30.8 Å². The topological polar surface area (TPSA) is 88.6 Å². The second kappa shape index (κ2) is 6.43. The van der Waals surface area contributed by atoms with E-state index in [4.69, 9.17) is 10.5 Å². The Kier molecular flexibility index (Phi) is 4.49. The van der Waals surface area contributed by atoms with Gasteiger partial charge in [-0.2, -0.15) is 5.10 Å². The Hall–Kier alpha value is -2.09. The lowest BCUT2D eigenvalue weighted by molar-refractivity contribution is -0.107. The zero-order valence-electron chi connectivity index (χ0n) is 14.4. The molecule has 0 amide bonds. The van der Waals surface area contributed by atoms with E-state index in [2.05, 4.69) is 29.2 Å². The van der Waals surface area contributed by atoms with E-state index in [1.807, 2.05) is 16.8 Å². The van der Waals surface area contributed by atoms with Crippen LogP contribution in [0.4, 0.5) is 11.6 Å². The van der Waals surface area contributed by atoms with Crippen molar-refractivity contribution in [2.24, 2.45) is 0 Å². The third-order valence-corrected chi connectivity index (χ3v) is 4.58. The maximum atomic E-state index is 10.3. The van der Waals surface area contributed by atoms with Gasteiger partial charge in [0.2, 0.25) is 5.79 Å². The molecule has 7 heteroatoms. The molecule has 2 heterocycles. The molecule has 1 aliphatic carbocycles. The van der Waals surface area contributed by atoms with Gasteiger partial charge in [0.1, 0.15) is 5.82 Å². The molecule has 7 nitrogen and oxygen atoms in total. The maximum Gasteiger partial charge on any atom is 0.207 e. The third-order valence-electron chi connectivity index (χ3n) is 4.58. The number of nitrogens with two attached hydrogens (primary N) is 1. The van der Waals surface area contributed by atoms with Crippen molar-refractivity contribution < 1.29 is 9.84 Å². The quantitative estimate of drug-likeness (QED) is 0.683. The van der Waals surface area contributed by atoms with Crippen molar-refractivity contribution in [2.75, 3.05) is 37.8 Å². The van der Waals surface area contributed by atoms with Crippen LogP contribution < -0.4 is 11.1 Å². The van der Waals surface area contributed by atoms with Gasteiger partial charge in [-0.3, -0.25) is 0 Å². The van der Waals surface area contributed by atoms with Crippen LogP contribution in [0.1, 0.15) is 19.4 Å². The second-order valence-corrected chi connectivity index (χ2v) is 5.97. The van der Waals surface area contributed by atoms with Gasteiger partial charge in [-0.1, -0.05) is 19.9 Å². The molecule has 1 atom stereocenters. The fourth-order valence-electron chi connectivity index (χ4n) is 2.99. The van der Waals surface area contributed by atoms with E-state index in [0.29, 0.717) is 5.82 Å². The summed E-state index contributed by atoms with van der Waals surface area (Å²) >= 11 is 0. The van der Waals surface area contributed by atoms with Gasteiger partial charge in [0.05, 0.1) is 12.1 Å². The highest BCUT2D eigenvalue weighted by Crippen LogP contribution is 2.36. The predicted molar refractivity (Wildman–Crippen MR) is 95.2 cm³/mol. The Morgan fingerprint density at radius 3 is 2.83 bits per heavy atom. The summed E-state index contributed by atoms with van der Waals surface area (Å²) in [4.78, 5) is 2.33. The number of rotatable bonds is 6. The number of allylic oxidation sites excluding steroid dienone is 1. The van der Waals surface area contributed by atoms with Crippen molar-refractivity contribution in [3.8, 4) is 0 Å². The minimum Gasteiger partial charge on any atom is -0.382 e. The molecule has 1 aromatic rings. The largest absolute Gasteiger partial charge is 0.382 e. The van der Waals surface area contributed by atoms with E-state index in [1.54, 1.807) is 12.2 Å². The molecule has 2 aliphatic rings. The van der Waals surface area contributed by atoms with Crippen LogP contribution in [0.2, 0.25) is 0 Å². The molecule has 0 saturated carbocycles. The first-order valence-electron chi connectivity index (χ1n) is 8.27. The summed E-state index contributed by atoms with van der Waals surface area (Å²) in [5.74, 6) is -0.0394. The smallest absolute Gasteiger partial charge is 0.207 e. The molecule has 130 valence electrons. The summed E-state index contributed by atoms with van der Waals surface area (Å²) in [7, 11) is 1.47. The summed E-state index contributed by atoms with van der Waals surface area (Å²) < 4.78 is 7.02. The summed E-state index contributed by atoms with van der Waals surface area (Å²) in [5.41, 5.74) is 8.70. The number of hydrogen-bond acceptors (Lipinski definition) is 6. The third kappa shape index (κ3) is 2.98. The Balaban J connectivity index is 1.89. The van der Waals surface area contributed by atoms with E-state index >= 15 is 0 Å². The number of aliphatic hydroxyl groups is 1. The first kappa shape index (κ1) is 16.8. The number of likely N-dealkylation sites (N-methyl/N-ethyl adjacent to an activating group) is 1. The van der Waals surface area contributed by atoms with Crippen molar-refractivity contribution in [2.45, 2.75) is 26.2 Å². The number of nitrogens with zero attached hydrogens (tertiary/aromatic N) is 3. The van der Waals surface area contributed by atoms with Gasteiger partial charge in [0.15, 0.2) is 5.82 Å². The lowest BCUT2D eigenvalue weighted by Gasteiger charge is -2.28. The number of nitrogen functional groups attached to an aromatic ring is 1. The molecule has 0 spiro atoms. The average Bonchev–Trinajstić information content (AvgIpc) is 2.89. The molecular formula is C17H25N5O2. The van der Waals surface area contributed by atoms with Gasteiger partial charge in [-0.25, -0.2) is 4.68 Å². The minimum absolute atomic E-state index is 0.504. The summed E-state index contributed by atoms with van der Waals surface area (Å²) in [5, 5.41) is 18.1. The van der Waals surface area contributed by atoms with Crippen molar-refractivity contribution in [1.82, 2.24) is 14.7 Å². The average molecular weight is 331 g/mol. The number of aromatic nitrogens is 2. The van der Waals surface area contributed by atoms with Crippen LogP contribution in [-0.4, -0.2) is 52.3 Å². The highest BCUT2D eigenvalue weighted by atomic mass is 16.6. The number of fused-ring (bicyclic) bond motifs is 2. The van der Waals surface area contributed by atoms with Crippen LogP contribution in [0.5, 0.6) is 0 Å². The highest BCUT2D eigenvalue weighted by molar-refractivity contribution is 5.83. The molecule has 0 fully saturated rings. The van der Waals surface area contributed by atoms with Crippen molar-refractivity contribution >= 4 is 17.7 Å². The predicted octanol–water partition coefficient (Wildman–Crippen LogP) is 1.40. The summed E-state index contributed by atoms with van der Waals surface area (Å²) in [6, 6.07) is 0. The molecule has 3 rings (SSSR count). The first-order chi connectivity index (χ1) is 11.5. The fraction of sp³-hybridized carbons (Fsp3) is 0.471. The lowest BCUT2D eigenvalue weighted by Crippen LogP contribution is -2.30. The number of ether oxygens (including phenoxy) is 1. The SMILES string of the molecule is CCN(CC)CCn1nc(N)c2c1NC1=CC(O)(OC)C=CC1=C2. The van der Waals surface area contributed by atoms with Crippen LogP contribution >= 0.6 is 0 Å². The standard InChI is InChI=1S/C17H25N5O2/c1-4-21(5-2)8-9-22-16-13(15(18)20-22)10-12-6-7-17(23,24-3)11-14(12)19-16/h6-7,10-11,19,23H,4-5,8-9H2,1-3H3,(H2,18,20). The van der Waals surface area contributed by atoms with E-state index in [0.717, 1.165) is 48.8 Å². The van der Waals surface area contributed by atoms with E-state index in [1.165, 1.54) is 7.11 Å². The van der Waals surface area contributed by atoms with Crippen LogP contribution in [0.15, 0.2) is 29.5 Å². The van der Waals surface area contributed by atoms with E-state index in [-0.39, 0.29) is 0 Å². The van der Waals surface area contributed by atoms with Gasteiger partial charge in [0.25, 0.3) is 0 Å². The summed E-state index contributed by atoms with van der Waals surface area (Å²) in [6.07, 6.45) is 7.07. The zero-order valence-corrected chi connectivity index (χ0v) is 14.4. The Labute approximate surface area is 142 Å². The monoisotopic (exact) mass is 331 g/mol. The fourth-order valence-corrected chi connectivity index (χ4v) is 2.99. The highest BCUT2D eigenvalue weighted by Gasteiger charge is 2.29. The molecule has 1 aromatic heterocycles. The molecule has 0 aromatic carbocycles. The van der Waals surface area contributed by atoms with Crippen LogP contribution in [0.3, 0.4) is 0 Å². The van der Waals surface area contributed by atoms with Crippen molar-refractivity contribution in [1.29, 1.82) is 0 Å². The Morgan fingerprint density at radius 1 is 1.42 bits per heavy atom. The normalized spacial score (nSPS) is 21.9. The Bertz CT molecular complexity index is 715. The number of nitrogens with one attached hydrogen (secondary N) is 1. The van der Waals surface area contributed by atoms with Gasteiger partial charge >= 0.3 is 0 Å². The van der Waals surface area contributed by atoms with Gasteiger partial charge in [-0.15, -0.1) is 0 Å². The van der Waals surface area contributed by atoms with E-state index < -0.39 is 5.79 Å². The molecule has 4 N–H and O–H groups in total. The molecule has 0 radical (unpaired) electrons. The van der Waals surface area contributed by atoms with Crippen molar-refractivity contribution in [3.05, 3.63) is 35.1 Å². The van der Waals surface area contributed by atoms with Crippen LogP contribution in [0.25, 0.3) is 6.08 Å². The maximum absolute atomic E-state index is 10.3. The van der Waals surface area contributed by atoms with Crippen LogP contribution in [-0.2, 0) is 11.3 Å². The lowest BCUT2D eigenvalue weighted by atomic mass is 9.97. The molecule has 1 aliphatic heterocycles. The molecular weight excluding hydrogens is 306 g/mol. The molecule has 0 bridgehead atoms. The number of methoxy groups -OCH3 is 1. The Morgan fingerprint density at radius 2 is 2.17 bits per heavy atom. The molecule has 24 heavy (non-hydrogen) atoms. The number of hydrogen-bond donors (Lipinski definition) is 3. The zero-order chi connectivity index (χ0) is 17.3. The molecule has 1 unspecified atom stereocenters. The number of anilines is 2. The van der Waals surface area contributed by atoms with Gasteiger partial charge in [0, 0.05) is 25.4 Å². The first-order valence-corrected chi connectivity index (χ1v) is 8.27. The minimum atomic E-state index is -1.39. The van der Waals surface area contributed by atoms with Crippen molar-refractivity contribution in [3.63, 3.8) is 0 Å². The summed E-state index contributed by atoms with van der Waals surface area (Å²) in [6.45, 7) is 7.95. The second-order valence-electron chi connectivity index (χ2n) is 5.97. The van der Waals surface area contributed by atoms with Gasteiger partial charge < -0.3 is 25.8 Å². The van der Waals surface area contributed by atoms with Crippen LogP contribution in [0, 0.1) is 0 Å². The van der Waals surface area contributed by atoms with E-state index in [9.17, 15) is 5.11 Å².